The largest absolute Gasteiger partial charge is 0.421 e. The Kier molecular flexibility index (Phi) is 5.05. The molecule has 1 saturated carbocycles. The topological polar surface area (TPSA) is 84.7 Å². The standard InChI is InChI=1S/C19H19F5N8/c20-15(21)8-32-18-14(4-28-32)26-5-16(30-18)29-12-1-10-6-31(7-11(10)2-12)17-13(19(22,23)24)3-25-9-27-17/h3-5,9-12,15H,1-2,6-8H2,(H,29,30)/t10-,11+,12+. The van der Waals surface area contributed by atoms with E-state index in [0.717, 1.165) is 30.0 Å². The van der Waals surface area contributed by atoms with E-state index in [-0.39, 0.29) is 29.3 Å². The van der Waals surface area contributed by atoms with E-state index in [9.17, 15) is 22.0 Å². The SMILES string of the molecule is FC(F)Cn1ncc2ncc(N[C@H]3C[C@@H]4CN(c5ncncc5C(F)(F)F)C[C@@H]4C3)nc21. The van der Waals surface area contributed by atoms with Crippen molar-refractivity contribution >= 4 is 22.8 Å². The highest BCUT2D eigenvalue weighted by Gasteiger charge is 2.44. The summed E-state index contributed by atoms with van der Waals surface area (Å²) in [5.74, 6) is 0.815. The summed E-state index contributed by atoms with van der Waals surface area (Å²) < 4.78 is 66.5. The molecule has 170 valence electrons. The van der Waals surface area contributed by atoms with Crippen molar-refractivity contribution in [3.05, 3.63) is 30.5 Å². The average molecular weight is 454 g/mol. The van der Waals surface area contributed by atoms with Crippen molar-refractivity contribution in [3.8, 4) is 0 Å². The second-order valence-corrected chi connectivity index (χ2v) is 8.18. The van der Waals surface area contributed by atoms with Crippen LogP contribution in [0.1, 0.15) is 18.4 Å². The number of nitrogens with zero attached hydrogens (tertiary/aromatic N) is 7. The maximum absolute atomic E-state index is 13.3. The van der Waals surface area contributed by atoms with Crippen LogP contribution in [0.5, 0.6) is 0 Å². The summed E-state index contributed by atoms with van der Waals surface area (Å²) in [5, 5.41) is 7.20. The maximum atomic E-state index is 13.3. The molecule has 8 nitrogen and oxygen atoms in total. The lowest BCUT2D eigenvalue weighted by atomic mass is 10.0. The molecule has 1 aliphatic heterocycles. The van der Waals surface area contributed by atoms with Crippen molar-refractivity contribution in [2.75, 3.05) is 23.3 Å². The molecule has 13 heteroatoms. The number of aromatic nitrogens is 6. The van der Waals surface area contributed by atoms with Gasteiger partial charge in [-0.05, 0) is 24.7 Å². The van der Waals surface area contributed by atoms with Gasteiger partial charge in [-0.3, -0.25) is 0 Å². The van der Waals surface area contributed by atoms with Crippen molar-refractivity contribution in [1.29, 1.82) is 0 Å². The van der Waals surface area contributed by atoms with Gasteiger partial charge in [-0.2, -0.15) is 18.3 Å². The molecule has 1 saturated heterocycles. The summed E-state index contributed by atoms with van der Waals surface area (Å²) in [6.45, 7) is 0.400. The van der Waals surface area contributed by atoms with E-state index in [1.807, 2.05) is 0 Å². The van der Waals surface area contributed by atoms with Crippen LogP contribution in [0, 0.1) is 11.8 Å². The molecule has 0 aromatic carbocycles. The number of fused-ring (bicyclic) bond motifs is 2. The molecule has 0 unspecified atom stereocenters. The Morgan fingerprint density at radius 2 is 1.81 bits per heavy atom. The Balaban J connectivity index is 1.26. The summed E-state index contributed by atoms with van der Waals surface area (Å²) in [6, 6.07) is 0.0675. The van der Waals surface area contributed by atoms with Crippen LogP contribution in [0.4, 0.5) is 33.6 Å². The first kappa shape index (κ1) is 20.8. The van der Waals surface area contributed by atoms with Crippen molar-refractivity contribution in [3.63, 3.8) is 0 Å². The van der Waals surface area contributed by atoms with Gasteiger partial charge in [-0.15, -0.1) is 0 Å². The molecule has 3 atom stereocenters. The number of hydrogen-bond donors (Lipinski definition) is 1. The monoisotopic (exact) mass is 454 g/mol. The van der Waals surface area contributed by atoms with Crippen molar-refractivity contribution in [2.24, 2.45) is 11.8 Å². The summed E-state index contributed by atoms with van der Waals surface area (Å²) in [5.41, 5.74) is -0.109. The van der Waals surface area contributed by atoms with Gasteiger partial charge in [-0.1, -0.05) is 0 Å². The summed E-state index contributed by atoms with van der Waals surface area (Å²) in [7, 11) is 0. The Morgan fingerprint density at radius 3 is 2.50 bits per heavy atom. The van der Waals surface area contributed by atoms with E-state index in [2.05, 4.69) is 30.4 Å². The van der Waals surface area contributed by atoms with Crippen LogP contribution in [0.3, 0.4) is 0 Å². The first-order valence-corrected chi connectivity index (χ1v) is 10.1. The quantitative estimate of drug-likeness (QED) is 0.593. The number of halogens is 5. The molecule has 0 radical (unpaired) electrons. The molecular formula is C19H19F5N8. The van der Waals surface area contributed by atoms with E-state index < -0.39 is 24.7 Å². The highest BCUT2D eigenvalue weighted by molar-refractivity contribution is 5.71. The van der Waals surface area contributed by atoms with Crippen LogP contribution in [0.2, 0.25) is 0 Å². The van der Waals surface area contributed by atoms with Gasteiger partial charge in [0, 0.05) is 25.3 Å². The average Bonchev–Trinajstić information content (AvgIpc) is 3.41. The van der Waals surface area contributed by atoms with Crippen LogP contribution in [-0.2, 0) is 12.7 Å². The Morgan fingerprint density at radius 1 is 1.06 bits per heavy atom. The first-order valence-electron chi connectivity index (χ1n) is 10.1. The molecule has 2 aliphatic rings. The van der Waals surface area contributed by atoms with E-state index >= 15 is 0 Å². The van der Waals surface area contributed by atoms with Crippen LogP contribution in [0.15, 0.2) is 24.9 Å². The molecule has 3 aromatic heterocycles. The summed E-state index contributed by atoms with van der Waals surface area (Å²) in [6.07, 6.45) is -0.676. The zero-order chi connectivity index (χ0) is 22.5. The maximum Gasteiger partial charge on any atom is 0.421 e. The second kappa shape index (κ2) is 7.78. The van der Waals surface area contributed by atoms with Gasteiger partial charge in [0.25, 0.3) is 6.43 Å². The van der Waals surface area contributed by atoms with Crippen LogP contribution in [-0.4, -0.2) is 55.3 Å². The number of hydrogen-bond acceptors (Lipinski definition) is 7. The van der Waals surface area contributed by atoms with Gasteiger partial charge in [-0.25, -0.2) is 33.4 Å². The minimum Gasteiger partial charge on any atom is -0.366 e. The van der Waals surface area contributed by atoms with Gasteiger partial charge < -0.3 is 10.2 Å². The Hall–Kier alpha value is -3.12. The van der Waals surface area contributed by atoms with Gasteiger partial charge in [0.2, 0.25) is 0 Å². The third-order valence-corrected chi connectivity index (χ3v) is 6.06. The fourth-order valence-electron chi connectivity index (χ4n) is 4.76. The zero-order valence-electron chi connectivity index (χ0n) is 16.7. The molecular weight excluding hydrogens is 435 g/mol. The number of alkyl halides is 5. The Labute approximate surface area is 178 Å². The lowest BCUT2D eigenvalue weighted by Crippen LogP contribution is -2.28. The molecule has 0 spiro atoms. The van der Waals surface area contributed by atoms with E-state index in [4.69, 9.17) is 0 Å². The van der Waals surface area contributed by atoms with Crippen LogP contribution in [0.25, 0.3) is 11.2 Å². The predicted molar refractivity (Wildman–Crippen MR) is 104 cm³/mol. The lowest BCUT2D eigenvalue weighted by Gasteiger charge is -2.23. The molecule has 3 aromatic rings. The van der Waals surface area contributed by atoms with Gasteiger partial charge in [0.1, 0.15) is 35.6 Å². The molecule has 1 N–H and O–H groups in total. The third kappa shape index (κ3) is 3.91. The molecule has 5 rings (SSSR count). The summed E-state index contributed by atoms with van der Waals surface area (Å²) in [4.78, 5) is 17.7. The smallest absolute Gasteiger partial charge is 0.366 e. The molecule has 32 heavy (non-hydrogen) atoms. The van der Waals surface area contributed by atoms with Gasteiger partial charge in [0.05, 0.1) is 12.4 Å². The normalized spacial score (nSPS) is 23.3. The second-order valence-electron chi connectivity index (χ2n) is 8.18. The van der Waals surface area contributed by atoms with Crippen LogP contribution < -0.4 is 10.2 Å². The fraction of sp³-hybridized carbons (Fsp3) is 0.526. The molecule has 1 aliphatic carbocycles. The first-order chi connectivity index (χ1) is 15.3. The fourth-order valence-corrected chi connectivity index (χ4v) is 4.76. The highest BCUT2D eigenvalue weighted by atomic mass is 19.4. The number of anilines is 2. The van der Waals surface area contributed by atoms with Gasteiger partial charge >= 0.3 is 6.18 Å². The molecule has 2 fully saturated rings. The summed E-state index contributed by atoms with van der Waals surface area (Å²) >= 11 is 0. The van der Waals surface area contributed by atoms with Crippen molar-refractivity contribution in [1.82, 2.24) is 29.7 Å². The Bertz CT molecular complexity index is 1100. The number of rotatable bonds is 5. The third-order valence-electron chi connectivity index (χ3n) is 6.06. The van der Waals surface area contributed by atoms with E-state index in [1.54, 1.807) is 4.90 Å². The lowest BCUT2D eigenvalue weighted by molar-refractivity contribution is -0.137. The molecule has 4 heterocycles. The van der Waals surface area contributed by atoms with Gasteiger partial charge in [0.15, 0.2) is 5.65 Å². The van der Waals surface area contributed by atoms with Crippen molar-refractivity contribution < 1.29 is 22.0 Å². The highest BCUT2D eigenvalue weighted by Crippen LogP contribution is 2.43. The van der Waals surface area contributed by atoms with E-state index in [0.29, 0.717) is 24.4 Å². The predicted octanol–water partition coefficient (Wildman–Crippen LogP) is 3.23. The van der Waals surface area contributed by atoms with Crippen LogP contribution >= 0.6 is 0 Å². The molecule has 0 bridgehead atoms. The number of nitrogens with one attached hydrogen (secondary N) is 1. The zero-order valence-corrected chi connectivity index (χ0v) is 16.7. The minimum absolute atomic E-state index is 0.0675. The van der Waals surface area contributed by atoms with Crippen molar-refractivity contribution in [2.45, 2.75) is 38.0 Å². The minimum atomic E-state index is -4.51. The molecule has 0 amide bonds. The van der Waals surface area contributed by atoms with E-state index in [1.165, 1.54) is 12.4 Å².